The Balaban J connectivity index is 0.00000220. The highest BCUT2D eigenvalue weighted by Gasteiger charge is 2.05. The highest BCUT2D eigenvalue weighted by Crippen LogP contribution is 2.19. The maximum absolute atomic E-state index is 5.85. The molecule has 21 heavy (non-hydrogen) atoms. The zero-order valence-corrected chi connectivity index (χ0v) is 16.2. The number of aliphatic imine (C=N–C) groups is 1. The molecular formula is C14H21IN4S2. The molecule has 0 saturated heterocycles. The van der Waals surface area contributed by atoms with Crippen molar-refractivity contribution < 1.29 is 0 Å². The normalized spacial score (nSPS) is 11.5. The molecule has 4 nitrogen and oxygen atoms in total. The summed E-state index contributed by atoms with van der Waals surface area (Å²) >= 11 is 3.45. The molecule has 0 spiro atoms. The summed E-state index contributed by atoms with van der Waals surface area (Å²) in [6.45, 7) is 5.64. The SMILES string of the molecule is CC(C)c1nc(CN=C(N)NCCc2cccs2)cs1.I. The molecule has 0 aliphatic heterocycles. The van der Waals surface area contributed by atoms with Crippen LogP contribution in [0.1, 0.15) is 35.3 Å². The fourth-order valence-corrected chi connectivity index (χ4v) is 3.19. The number of guanidine groups is 1. The Morgan fingerprint density at radius 1 is 1.43 bits per heavy atom. The molecule has 0 radical (unpaired) electrons. The number of hydrogen-bond acceptors (Lipinski definition) is 4. The summed E-state index contributed by atoms with van der Waals surface area (Å²) in [5.74, 6) is 0.958. The molecule has 0 saturated carbocycles. The predicted octanol–water partition coefficient (Wildman–Crippen LogP) is 3.59. The number of nitrogens with two attached hydrogens (primary N) is 1. The van der Waals surface area contributed by atoms with Crippen molar-refractivity contribution >= 4 is 52.6 Å². The highest BCUT2D eigenvalue weighted by molar-refractivity contribution is 14.0. The van der Waals surface area contributed by atoms with Crippen LogP contribution in [-0.2, 0) is 13.0 Å². The smallest absolute Gasteiger partial charge is 0.188 e. The largest absolute Gasteiger partial charge is 0.370 e. The van der Waals surface area contributed by atoms with Crippen LogP contribution in [0, 0.1) is 0 Å². The van der Waals surface area contributed by atoms with Crippen molar-refractivity contribution in [2.75, 3.05) is 6.54 Å². The summed E-state index contributed by atoms with van der Waals surface area (Å²) in [5.41, 5.74) is 6.83. The summed E-state index contributed by atoms with van der Waals surface area (Å²) in [6, 6.07) is 4.19. The van der Waals surface area contributed by atoms with Gasteiger partial charge in [-0.25, -0.2) is 9.98 Å². The van der Waals surface area contributed by atoms with Crippen molar-refractivity contribution in [3.8, 4) is 0 Å². The Bertz CT molecular complexity index is 549. The lowest BCUT2D eigenvalue weighted by Crippen LogP contribution is -2.33. The summed E-state index contributed by atoms with van der Waals surface area (Å²) in [5, 5.41) is 8.42. The second-order valence-electron chi connectivity index (χ2n) is 4.79. The molecule has 7 heteroatoms. The van der Waals surface area contributed by atoms with E-state index in [-0.39, 0.29) is 24.0 Å². The van der Waals surface area contributed by atoms with Gasteiger partial charge in [-0.3, -0.25) is 0 Å². The standard InChI is InChI=1S/C14H20N4S2.HI/c1-10(2)13-18-11(9-20-13)8-17-14(15)16-6-5-12-4-3-7-19-12;/h3-4,7,9-10H,5-6,8H2,1-2H3,(H3,15,16,17);1H. The van der Waals surface area contributed by atoms with Crippen LogP contribution >= 0.6 is 46.7 Å². The molecule has 0 fully saturated rings. The summed E-state index contributed by atoms with van der Waals surface area (Å²) in [6.07, 6.45) is 0.974. The van der Waals surface area contributed by atoms with Gasteiger partial charge in [0.1, 0.15) is 0 Å². The van der Waals surface area contributed by atoms with Crippen LogP contribution in [-0.4, -0.2) is 17.5 Å². The Morgan fingerprint density at radius 3 is 2.86 bits per heavy atom. The van der Waals surface area contributed by atoms with Crippen molar-refractivity contribution in [1.29, 1.82) is 0 Å². The quantitative estimate of drug-likeness (QED) is 0.413. The molecular weight excluding hydrogens is 415 g/mol. The van der Waals surface area contributed by atoms with E-state index in [0.717, 1.165) is 23.7 Å². The summed E-state index contributed by atoms with van der Waals surface area (Å²) in [7, 11) is 0. The van der Waals surface area contributed by atoms with E-state index < -0.39 is 0 Å². The molecule has 0 unspecified atom stereocenters. The molecule has 0 amide bonds. The monoisotopic (exact) mass is 436 g/mol. The van der Waals surface area contributed by atoms with Crippen molar-refractivity contribution in [2.45, 2.75) is 32.7 Å². The summed E-state index contributed by atoms with van der Waals surface area (Å²) in [4.78, 5) is 10.2. The van der Waals surface area contributed by atoms with E-state index >= 15 is 0 Å². The van der Waals surface area contributed by atoms with Gasteiger partial charge in [0.2, 0.25) is 0 Å². The van der Waals surface area contributed by atoms with Crippen LogP contribution in [0.4, 0.5) is 0 Å². The number of thiazole rings is 1. The number of aromatic nitrogens is 1. The third-order valence-corrected chi connectivity index (χ3v) is 4.86. The van der Waals surface area contributed by atoms with Gasteiger partial charge in [-0.05, 0) is 17.9 Å². The second-order valence-corrected chi connectivity index (χ2v) is 6.71. The molecule has 0 bridgehead atoms. The molecule has 0 aliphatic rings. The molecule has 0 aromatic carbocycles. The van der Waals surface area contributed by atoms with Gasteiger partial charge < -0.3 is 11.1 Å². The van der Waals surface area contributed by atoms with Gasteiger partial charge in [-0.2, -0.15) is 0 Å². The summed E-state index contributed by atoms with van der Waals surface area (Å²) < 4.78 is 0. The first kappa shape index (κ1) is 18.4. The average molecular weight is 436 g/mol. The first-order valence-corrected chi connectivity index (χ1v) is 8.41. The second kappa shape index (κ2) is 9.37. The van der Waals surface area contributed by atoms with E-state index in [0.29, 0.717) is 18.4 Å². The van der Waals surface area contributed by atoms with E-state index in [9.17, 15) is 0 Å². The number of halogens is 1. The molecule has 0 atom stereocenters. The van der Waals surface area contributed by atoms with E-state index in [2.05, 4.69) is 52.0 Å². The van der Waals surface area contributed by atoms with Crippen LogP contribution in [0.5, 0.6) is 0 Å². The Morgan fingerprint density at radius 2 is 2.24 bits per heavy atom. The van der Waals surface area contributed by atoms with Crippen LogP contribution in [0.3, 0.4) is 0 Å². The molecule has 3 N–H and O–H groups in total. The minimum Gasteiger partial charge on any atom is -0.370 e. The van der Waals surface area contributed by atoms with Crippen molar-refractivity contribution in [3.63, 3.8) is 0 Å². The van der Waals surface area contributed by atoms with Crippen LogP contribution in [0.15, 0.2) is 27.9 Å². The molecule has 116 valence electrons. The van der Waals surface area contributed by atoms with Gasteiger partial charge >= 0.3 is 0 Å². The number of nitrogens with zero attached hydrogens (tertiary/aromatic N) is 2. The third-order valence-electron chi connectivity index (χ3n) is 2.73. The van der Waals surface area contributed by atoms with Crippen molar-refractivity contribution in [1.82, 2.24) is 10.3 Å². The third kappa shape index (κ3) is 6.31. The van der Waals surface area contributed by atoms with Crippen molar-refractivity contribution in [2.24, 2.45) is 10.7 Å². The van der Waals surface area contributed by atoms with Crippen LogP contribution in [0.25, 0.3) is 0 Å². The number of thiophene rings is 1. The molecule has 2 heterocycles. The van der Waals surface area contributed by atoms with Crippen LogP contribution < -0.4 is 11.1 Å². The molecule has 2 aromatic heterocycles. The fourth-order valence-electron chi connectivity index (χ4n) is 1.65. The maximum Gasteiger partial charge on any atom is 0.188 e. The lowest BCUT2D eigenvalue weighted by atomic mass is 10.2. The topological polar surface area (TPSA) is 63.3 Å². The van der Waals surface area contributed by atoms with E-state index in [1.807, 2.05) is 0 Å². The van der Waals surface area contributed by atoms with Gasteiger partial charge in [0.25, 0.3) is 0 Å². The highest BCUT2D eigenvalue weighted by atomic mass is 127. The first-order chi connectivity index (χ1) is 9.65. The van der Waals surface area contributed by atoms with E-state index in [1.165, 1.54) is 4.88 Å². The van der Waals surface area contributed by atoms with E-state index in [1.54, 1.807) is 22.7 Å². The number of hydrogen-bond donors (Lipinski definition) is 2. The van der Waals surface area contributed by atoms with Gasteiger partial charge in [0.15, 0.2) is 5.96 Å². The molecule has 2 aromatic rings. The Labute approximate surface area is 150 Å². The molecule has 0 aliphatic carbocycles. The number of nitrogens with one attached hydrogen (secondary N) is 1. The lowest BCUT2D eigenvalue weighted by Gasteiger charge is -2.03. The molecule has 2 rings (SSSR count). The number of rotatable bonds is 6. The van der Waals surface area contributed by atoms with Gasteiger partial charge in [0, 0.05) is 22.7 Å². The minimum atomic E-state index is 0. The minimum absolute atomic E-state index is 0. The lowest BCUT2D eigenvalue weighted by molar-refractivity contribution is 0.829. The average Bonchev–Trinajstić information content (AvgIpc) is 3.07. The van der Waals surface area contributed by atoms with Crippen molar-refractivity contribution in [3.05, 3.63) is 38.5 Å². The zero-order valence-electron chi connectivity index (χ0n) is 12.2. The first-order valence-electron chi connectivity index (χ1n) is 6.65. The fraction of sp³-hybridized carbons (Fsp3) is 0.429. The van der Waals surface area contributed by atoms with Gasteiger partial charge in [-0.1, -0.05) is 19.9 Å². The Kier molecular flexibility index (Phi) is 8.20. The van der Waals surface area contributed by atoms with Gasteiger partial charge in [0.05, 0.1) is 17.2 Å². The van der Waals surface area contributed by atoms with Gasteiger partial charge in [-0.15, -0.1) is 46.7 Å². The predicted molar refractivity (Wildman–Crippen MR) is 103 cm³/mol. The zero-order chi connectivity index (χ0) is 14.4. The Hall–Kier alpha value is -0.670. The van der Waals surface area contributed by atoms with E-state index in [4.69, 9.17) is 5.73 Å². The van der Waals surface area contributed by atoms with Crippen LogP contribution in [0.2, 0.25) is 0 Å². The maximum atomic E-state index is 5.85.